The van der Waals surface area contributed by atoms with Gasteiger partial charge in [0.1, 0.15) is 24.0 Å². The first-order valence-corrected chi connectivity index (χ1v) is 16.5. The molecule has 0 radical (unpaired) electrons. The first-order chi connectivity index (χ1) is 22.3. The van der Waals surface area contributed by atoms with Crippen LogP contribution in [-0.2, 0) is 9.59 Å². The molecule has 12 atom stereocenters. The average molecular weight is 623 g/mol. The maximum absolute atomic E-state index is 12.6. The number of hydrogen-bond acceptors (Lipinski definition) is 10. The number of carbonyl (C=O) groups excluding carboxylic acids is 2. The number of hydrogen-bond donors (Lipinski definition) is 0. The molecule has 12 heteroatoms. The van der Waals surface area contributed by atoms with E-state index in [0.29, 0.717) is 47.1 Å². The van der Waals surface area contributed by atoms with Crippen molar-refractivity contribution in [2.45, 2.75) is 62.7 Å². The van der Waals surface area contributed by atoms with Crippen LogP contribution in [-0.4, -0.2) is 55.5 Å². The molecule has 0 spiro atoms. The first-order valence-electron chi connectivity index (χ1n) is 16.5. The molecule has 12 nitrogen and oxygen atoms in total. The summed E-state index contributed by atoms with van der Waals surface area (Å²) in [6.07, 6.45) is 17.7. The van der Waals surface area contributed by atoms with Crippen LogP contribution in [0.25, 0.3) is 0 Å². The van der Waals surface area contributed by atoms with E-state index < -0.39 is 9.85 Å². The van der Waals surface area contributed by atoms with Gasteiger partial charge in [-0.2, -0.15) is 0 Å². The highest BCUT2D eigenvalue weighted by Gasteiger charge is 2.64. The molecule has 10 rings (SSSR count). The predicted octanol–water partition coefficient (Wildman–Crippen LogP) is 4.70. The molecule has 2 aromatic heterocycles. The van der Waals surface area contributed by atoms with Gasteiger partial charge in [-0.15, -0.1) is 0 Å². The predicted molar refractivity (Wildman–Crippen MR) is 166 cm³/mol. The number of anilines is 2. The van der Waals surface area contributed by atoms with Crippen LogP contribution in [0.1, 0.15) is 38.5 Å². The molecule has 8 bridgehead atoms. The van der Waals surface area contributed by atoms with E-state index in [9.17, 15) is 29.8 Å². The number of fused-ring (bicyclic) bond motifs is 18. The second-order valence-corrected chi connectivity index (χ2v) is 14.4. The summed E-state index contributed by atoms with van der Waals surface area (Å²) < 4.78 is 0. The Hall–Kier alpha value is -4.48. The van der Waals surface area contributed by atoms with E-state index in [4.69, 9.17) is 0 Å². The van der Waals surface area contributed by atoms with E-state index in [1.807, 2.05) is 12.2 Å². The van der Waals surface area contributed by atoms with Gasteiger partial charge in [0.15, 0.2) is 11.6 Å². The van der Waals surface area contributed by atoms with Crippen LogP contribution in [0.2, 0.25) is 0 Å². The zero-order valence-electron chi connectivity index (χ0n) is 25.1. The summed E-state index contributed by atoms with van der Waals surface area (Å²) >= 11 is 0. The Morgan fingerprint density at radius 2 is 1.00 bits per heavy atom. The van der Waals surface area contributed by atoms with Crippen molar-refractivity contribution >= 4 is 34.6 Å². The lowest BCUT2D eigenvalue weighted by atomic mass is 9.76. The van der Waals surface area contributed by atoms with E-state index in [2.05, 4.69) is 19.8 Å². The topological polar surface area (TPSA) is 153 Å². The molecule has 4 aliphatic heterocycles. The normalized spacial score (nSPS) is 39.8. The van der Waals surface area contributed by atoms with Gasteiger partial charge in [0.05, 0.1) is 34.0 Å². The molecule has 0 amide bonds. The standard InChI is InChI=1S/2C17H17N3O3/c2*21-13-5-4-12-15-9-1-2-10(7-9)16(15)17(13)19(12)14-6-3-11(8-18-14)20(22)23/h2*3-6,8-10,12,15-17H,1-2,7H2. The van der Waals surface area contributed by atoms with Crippen molar-refractivity contribution in [2.75, 3.05) is 9.80 Å². The number of aromatic nitrogens is 2. The molecule has 4 saturated carbocycles. The fraction of sp³-hybridized carbons (Fsp3) is 0.529. The quantitative estimate of drug-likeness (QED) is 0.347. The van der Waals surface area contributed by atoms with Crippen molar-refractivity contribution in [3.8, 4) is 0 Å². The Kier molecular flexibility index (Phi) is 6.05. The summed E-state index contributed by atoms with van der Waals surface area (Å²) in [5.74, 6) is 6.41. The number of rotatable bonds is 4. The van der Waals surface area contributed by atoms with Crippen molar-refractivity contribution in [3.05, 3.63) is 81.2 Å². The van der Waals surface area contributed by atoms with Crippen LogP contribution in [0.3, 0.4) is 0 Å². The zero-order valence-corrected chi connectivity index (χ0v) is 25.1. The molecule has 2 saturated heterocycles. The minimum atomic E-state index is -0.443. The maximum atomic E-state index is 12.6. The van der Waals surface area contributed by atoms with Gasteiger partial charge in [0, 0.05) is 12.1 Å². The van der Waals surface area contributed by atoms with Crippen molar-refractivity contribution in [2.24, 2.45) is 47.3 Å². The Morgan fingerprint density at radius 1 is 0.609 bits per heavy atom. The zero-order chi connectivity index (χ0) is 31.4. The highest BCUT2D eigenvalue weighted by molar-refractivity contribution is 6.00. The molecule has 4 aliphatic carbocycles. The molecular weight excluding hydrogens is 588 g/mol. The Labute approximate surface area is 264 Å². The molecule has 46 heavy (non-hydrogen) atoms. The second-order valence-electron chi connectivity index (χ2n) is 14.4. The summed E-state index contributed by atoms with van der Waals surface area (Å²) in [4.78, 5) is 58.7. The lowest BCUT2D eigenvalue weighted by Crippen LogP contribution is -2.46. The Bertz CT molecular complexity index is 1580. The van der Waals surface area contributed by atoms with Gasteiger partial charge in [-0.25, -0.2) is 9.97 Å². The number of nitro groups is 2. The number of pyridine rings is 2. The molecule has 8 aliphatic rings. The van der Waals surface area contributed by atoms with Crippen molar-refractivity contribution in [1.29, 1.82) is 0 Å². The Balaban J connectivity index is 0.000000127. The summed E-state index contributed by atoms with van der Waals surface area (Å²) in [7, 11) is 0. The monoisotopic (exact) mass is 622 g/mol. The second kappa shape index (κ2) is 10.0. The number of nitrogens with zero attached hydrogens (tertiary/aromatic N) is 6. The Morgan fingerprint density at radius 3 is 1.35 bits per heavy atom. The van der Waals surface area contributed by atoms with Crippen molar-refractivity contribution in [1.82, 2.24) is 9.97 Å². The molecule has 0 aromatic carbocycles. The molecule has 0 N–H and O–H groups in total. The van der Waals surface area contributed by atoms with E-state index in [1.54, 1.807) is 24.3 Å². The van der Waals surface area contributed by atoms with Crippen LogP contribution in [0.5, 0.6) is 0 Å². The molecule has 2 aromatic rings. The van der Waals surface area contributed by atoms with Crippen LogP contribution >= 0.6 is 0 Å². The maximum Gasteiger partial charge on any atom is 0.287 e. The highest BCUT2D eigenvalue weighted by atomic mass is 16.6. The summed E-state index contributed by atoms with van der Waals surface area (Å²) in [6, 6.07) is 6.52. The lowest BCUT2D eigenvalue weighted by molar-refractivity contribution is -0.385. The van der Waals surface area contributed by atoms with Crippen LogP contribution in [0.4, 0.5) is 23.0 Å². The highest BCUT2D eigenvalue weighted by Crippen LogP contribution is 2.62. The molecule has 6 fully saturated rings. The fourth-order valence-corrected chi connectivity index (χ4v) is 11.4. The average Bonchev–Trinajstić information content (AvgIpc) is 3.90. The third-order valence-corrected chi connectivity index (χ3v) is 12.8. The lowest BCUT2D eigenvalue weighted by Gasteiger charge is -2.34. The fourth-order valence-electron chi connectivity index (χ4n) is 11.4. The smallest absolute Gasteiger partial charge is 0.287 e. The van der Waals surface area contributed by atoms with Gasteiger partial charge in [-0.3, -0.25) is 29.8 Å². The molecule has 12 unspecified atom stereocenters. The van der Waals surface area contributed by atoms with Crippen LogP contribution in [0.15, 0.2) is 61.0 Å². The minimum absolute atomic E-state index is 0.0137. The van der Waals surface area contributed by atoms with Gasteiger partial charge < -0.3 is 9.80 Å². The third kappa shape index (κ3) is 3.84. The number of ketones is 2. The largest absolute Gasteiger partial charge is 0.339 e. The van der Waals surface area contributed by atoms with Gasteiger partial charge in [0.2, 0.25) is 0 Å². The number of carbonyl (C=O) groups is 2. The third-order valence-electron chi connectivity index (χ3n) is 12.8. The minimum Gasteiger partial charge on any atom is -0.339 e. The van der Waals surface area contributed by atoms with Gasteiger partial charge in [-0.1, -0.05) is 12.2 Å². The summed E-state index contributed by atoms with van der Waals surface area (Å²) in [5.41, 5.74) is -0.0273. The van der Waals surface area contributed by atoms with Crippen molar-refractivity contribution in [3.63, 3.8) is 0 Å². The van der Waals surface area contributed by atoms with Gasteiger partial charge in [-0.05, 0) is 110 Å². The van der Waals surface area contributed by atoms with E-state index in [1.165, 1.54) is 63.1 Å². The van der Waals surface area contributed by atoms with Gasteiger partial charge in [0.25, 0.3) is 11.4 Å². The summed E-state index contributed by atoms with van der Waals surface area (Å²) in [6.45, 7) is 0. The van der Waals surface area contributed by atoms with Gasteiger partial charge >= 0.3 is 0 Å². The molecular formula is C34H34N6O6. The first kappa shape index (κ1) is 27.8. The summed E-state index contributed by atoms with van der Waals surface area (Å²) in [5, 5.41) is 21.6. The SMILES string of the molecule is O=C1C=CC2C3C4CCC(C4)C3C1N2c1ccc([N+](=O)[O-])cn1.O=C1C=CC2C3C4CCC(C4)C3C1N2c1ccc([N+](=O)[O-])cn1. The van der Waals surface area contributed by atoms with Crippen LogP contribution < -0.4 is 9.80 Å². The van der Waals surface area contributed by atoms with E-state index in [0.717, 1.165) is 11.8 Å². The van der Waals surface area contributed by atoms with Crippen molar-refractivity contribution < 1.29 is 19.4 Å². The molecule has 236 valence electrons. The van der Waals surface area contributed by atoms with Crippen LogP contribution in [0, 0.1) is 67.6 Å². The molecule has 6 heterocycles. The van der Waals surface area contributed by atoms with E-state index in [-0.39, 0.29) is 47.1 Å². The van der Waals surface area contributed by atoms with E-state index >= 15 is 0 Å².